The molecule has 1 aromatic rings. The molecule has 1 saturated carbocycles. The number of nitriles is 1. The topological polar surface area (TPSA) is 106 Å². The molecular weight excluding hydrogens is 232 g/mol. The highest BCUT2D eigenvalue weighted by Gasteiger charge is 2.19. The number of carbonyl (C=O) groups is 1. The standard InChI is InChI=1S/C11H14N6O/c12-5-8(6-13-11-14-7-15-17-11)10(18)16-9-3-1-2-4-9/h6-7,9H,1-4H2,(H,16,18)(H2,13,14,15,17)/b8-6-. The molecule has 0 spiro atoms. The van der Waals surface area contributed by atoms with Crippen molar-refractivity contribution in [3.8, 4) is 6.07 Å². The lowest BCUT2D eigenvalue weighted by Crippen LogP contribution is -2.33. The Hall–Kier alpha value is -2.36. The Labute approximate surface area is 104 Å². The summed E-state index contributed by atoms with van der Waals surface area (Å²) in [6.07, 6.45) is 6.89. The van der Waals surface area contributed by atoms with Crippen molar-refractivity contribution < 1.29 is 4.79 Å². The van der Waals surface area contributed by atoms with Gasteiger partial charge in [-0.25, -0.2) is 5.10 Å². The van der Waals surface area contributed by atoms with Crippen molar-refractivity contribution in [1.82, 2.24) is 20.5 Å². The van der Waals surface area contributed by atoms with E-state index in [4.69, 9.17) is 5.26 Å². The normalized spacial score (nSPS) is 16.3. The summed E-state index contributed by atoms with van der Waals surface area (Å²) in [4.78, 5) is 15.6. The number of aromatic amines is 1. The number of rotatable bonds is 4. The molecule has 2 rings (SSSR count). The molecule has 0 aliphatic heterocycles. The Morgan fingerprint density at radius 3 is 2.94 bits per heavy atom. The van der Waals surface area contributed by atoms with Gasteiger partial charge in [0.05, 0.1) is 0 Å². The molecule has 3 N–H and O–H groups in total. The molecule has 0 atom stereocenters. The average molecular weight is 246 g/mol. The maximum atomic E-state index is 11.8. The van der Waals surface area contributed by atoms with Gasteiger partial charge in [-0.1, -0.05) is 12.8 Å². The summed E-state index contributed by atoms with van der Waals surface area (Å²) in [6.45, 7) is 0. The van der Waals surface area contributed by atoms with E-state index in [1.807, 2.05) is 6.07 Å². The van der Waals surface area contributed by atoms with E-state index in [0.717, 1.165) is 25.7 Å². The van der Waals surface area contributed by atoms with Crippen LogP contribution in [0.25, 0.3) is 0 Å². The lowest BCUT2D eigenvalue weighted by molar-refractivity contribution is -0.117. The van der Waals surface area contributed by atoms with Crippen molar-refractivity contribution in [2.45, 2.75) is 31.7 Å². The second-order valence-corrected chi connectivity index (χ2v) is 4.10. The molecule has 7 nitrogen and oxygen atoms in total. The zero-order chi connectivity index (χ0) is 12.8. The van der Waals surface area contributed by atoms with Crippen LogP contribution in [0.3, 0.4) is 0 Å². The Balaban J connectivity index is 1.92. The summed E-state index contributed by atoms with van der Waals surface area (Å²) < 4.78 is 0. The van der Waals surface area contributed by atoms with Crippen LogP contribution >= 0.6 is 0 Å². The molecular formula is C11H14N6O. The molecule has 7 heteroatoms. The molecule has 1 heterocycles. The largest absolute Gasteiger partial charge is 0.349 e. The van der Waals surface area contributed by atoms with Gasteiger partial charge in [-0.15, -0.1) is 0 Å². The monoisotopic (exact) mass is 246 g/mol. The zero-order valence-electron chi connectivity index (χ0n) is 9.81. The number of nitrogens with zero attached hydrogens (tertiary/aromatic N) is 3. The molecule has 18 heavy (non-hydrogen) atoms. The molecule has 0 unspecified atom stereocenters. The molecule has 1 aliphatic carbocycles. The molecule has 1 aliphatic rings. The van der Waals surface area contributed by atoms with Crippen LogP contribution in [0.2, 0.25) is 0 Å². The van der Waals surface area contributed by atoms with Crippen LogP contribution in [-0.2, 0) is 4.79 Å². The maximum Gasteiger partial charge on any atom is 0.263 e. The first kappa shape index (κ1) is 12.1. The third kappa shape index (κ3) is 3.07. The lowest BCUT2D eigenvalue weighted by atomic mass is 10.2. The van der Waals surface area contributed by atoms with Gasteiger partial charge in [0.2, 0.25) is 5.95 Å². The molecule has 1 aromatic heterocycles. The maximum absolute atomic E-state index is 11.8. The van der Waals surface area contributed by atoms with Gasteiger partial charge in [-0.05, 0) is 12.8 Å². The van der Waals surface area contributed by atoms with Gasteiger partial charge in [-0.2, -0.15) is 15.3 Å². The lowest BCUT2D eigenvalue weighted by Gasteiger charge is -2.10. The van der Waals surface area contributed by atoms with Gasteiger partial charge in [0.25, 0.3) is 5.91 Å². The molecule has 0 bridgehead atoms. The SMILES string of the molecule is N#C/C(=C/Nc1ncn[nH]1)C(=O)NC1CCCC1. The molecule has 1 amide bonds. The molecule has 1 fully saturated rings. The number of carbonyl (C=O) groups excluding carboxylic acids is 1. The zero-order valence-corrected chi connectivity index (χ0v) is 9.81. The summed E-state index contributed by atoms with van der Waals surface area (Å²) >= 11 is 0. The predicted molar refractivity (Wildman–Crippen MR) is 64.1 cm³/mol. The number of H-pyrrole nitrogens is 1. The summed E-state index contributed by atoms with van der Waals surface area (Å²) in [5, 5.41) is 20.7. The average Bonchev–Trinajstić information content (AvgIpc) is 3.02. The Kier molecular flexibility index (Phi) is 3.91. The van der Waals surface area contributed by atoms with Crippen molar-refractivity contribution in [3.05, 3.63) is 18.1 Å². The predicted octanol–water partition coefficient (Wildman–Crippen LogP) is 0.683. The van der Waals surface area contributed by atoms with Gasteiger partial charge in [-0.3, -0.25) is 4.79 Å². The number of aromatic nitrogens is 3. The van der Waals surface area contributed by atoms with Crippen LogP contribution in [0.4, 0.5) is 5.95 Å². The minimum atomic E-state index is -0.351. The van der Waals surface area contributed by atoms with E-state index >= 15 is 0 Å². The van der Waals surface area contributed by atoms with Gasteiger partial charge < -0.3 is 10.6 Å². The Morgan fingerprint density at radius 2 is 2.33 bits per heavy atom. The van der Waals surface area contributed by atoms with E-state index in [2.05, 4.69) is 25.8 Å². The highest BCUT2D eigenvalue weighted by Crippen LogP contribution is 2.17. The van der Waals surface area contributed by atoms with Crippen LogP contribution in [0.5, 0.6) is 0 Å². The highest BCUT2D eigenvalue weighted by molar-refractivity contribution is 5.97. The fourth-order valence-corrected chi connectivity index (χ4v) is 1.90. The van der Waals surface area contributed by atoms with Crippen molar-refractivity contribution in [2.24, 2.45) is 0 Å². The first-order chi connectivity index (χ1) is 8.79. The van der Waals surface area contributed by atoms with Crippen molar-refractivity contribution >= 4 is 11.9 Å². The second-order valence-electron chi connectivity index (χ2n) is 4.10. The van der Waals surface area contributed by atoms with Crippen molar-refractivity contribution in [3.63, 3.8) is 0 Å². The minimum absolute atomic E-state index is 0.0262. The van der Waals surface area contributed by atoms with Crippen LogP contribution in [-0.4, -0.2) is 27.1 Å². The van der Waals surface area contributed by atoms with E-state index in [9.17, 15) is 4.79 Å². The smallest absolute Gasteiger partial charge is 0.263 e. The second kappa shape index (κ2) is 5.82. The fraction of sp³-hybridized carbons (Fsp3) is 0.455. The van der Waals surface area contributed by atoms with Crippen LogP contribution in [0, 0.1) is 11.3 Å². The van der Waals surface area contributed by atoms with Gasteiger partial charge >= 0.3 is 0 Å². The number of amides is 1. The highest BCUT2D eigenvalue weighted by atomic mass is 16.1. The van der Waals surface area contributed by atoms with E-state index in [1.165, 1.54) is 12.5 Å². The first-order valence-corrected chi connectivity index (χ1v) is 5.82. The number of nitrogens with one attached hydrogen (secondary N) is 3. The summed E-state index contributed by atoms with van der Waals surface area (Å²) in [6, 6.07) is 2.06. The number of hydrogen-bond donors (Lipinski definition) is 3. The van der Waals surface area contributed by atoms with Crippen LogP contribution in [0.1, 0.15) is 25.7 Å². The fourth-order valence-electron chi connectivity index (χ4n) is 1.90. The van der Waals surface area contributed by atoms with Gasteiger partial charge in [0.15, 0.2) is 0 Å². The Morgan fingerprint density at radius 1 is 1.56 bits per heavy atom. The molecule has 94 valence electrons. The van der Waals surface area contributed by atoms with Gasteiger partial charge in [0.1, 0.15) is 18.0 Å². The molecule has 0 aromatic carbocycles. The van der Waals surface area contributed by atoms with E-state index < -0.39 is 0 Å². The minimum Gasteiger partial charge on any atom is -0.349 e. The summed E-state index contributed by atoms with van der Waals surface area (Å²) in [5.41, 5.74) is 0.0262. The Bertz CT molecular complexity index is 466. The van der Waals surface area contributed by atoms with E-state index in [1.54, 1.807) is 0 Å². The quantitative estimate of drug-likeness (QED) is 0.535. The number of anilines is 1. The van der Waals surface area contributed by atoms with Crippen molar-refractivity contribution in [2.75, 3.05) is 5.32 Å². The first-order valence-electron chi connectivity index (χ1n) is 5.82. The van der Waals surface area contributed by atoms with E-state index in [0.29, 0.717) is 5.95 Å². The van der Waals surface area contributed by atoms with Gasteiger partial charge in [0, 0.05) is 12.2 Å². The van der Waals surface area contributed by atoms with Crippen LogP contribution in [0.15, 0.2) is 18.1 Å². The summed E-state index contributed by atoms with van der Waals surface area (Å²) in [7, 11) is 0. The third-order valence-corrected chi connectivity index (χ3v) is 2.82. The third-order valence-electron chi connectivity index (χ3n) is 2.82. The molecule has 0 radical (unpaired) electrons. The molecule has 0 saturated heterocycles. The number of hydrogen-bond acceptors (Lipinski definition) is 5. The summed E-state index contributed by atoms with van der Waals surface area (Å²) in [5.74, 6) is 0.0350. The van der Waals surface area contributed by atoms with E-state index in [-0.39, 0.29) is 17.5 Å². The van der Waals surface area contributed by atoms with Crippen molar-refractivity contribution in [1.29, 1.82) is 5.26 Å². The van der Waals surface area contributed by atoms with Crippen LogP contribution < -0.4 is 10.6 Å².